The Kier molecular flexibility index (Phi) is 3.02. The lowest BCUT2D eigenvalue weighted by molar-refractivity contribution is 0.841. The van der Waals surface area contributed by atoms with Crippen LogP contribution in [0, 0.1) is 20.8 Å². The summed E-state index contributed by atoms with van der Waals surface area (Å²) in [6.07, 6.45) is 5.77. The van der Waals surface area contributed by atoms with E-state index < -0.39 is 0 Å². The molecule has 0 amide bonds. The van der Waals surface area contributed by atoms with Crippen LogP contribution in [0.25, 0.3) is 6.08 Å². The quantitative estimate of drug-likeness (QED) is 0.704. The minimum absolute atomic E-state index is 0.539. The monoisotopic (exact) mass is 248 g/mol. The van der Waals surface area contributed by atoms with E-state index in [-0.39, 0.29) is 0 Å². The van der Waals surface area contributed by atoms with E-state index in [0.717, 1.165) is 6.42 Å². The van der Waals surface area contributed by atoms with Crippen LogP contribution < -0.4 is 0 Å². The van der Waals surface area contributed by atoms with Gasteiger partial charge in [-0.15, -0.1) is 0 Å². The third kappa shape index (κ3) is 2.23. The zero-order valence-corrected chi connectivity index (χ0v) is 11.9. The molecule has 0 bridgehead atoms. The lowest BCUT2D eigenvalue weighted by Gasteiger charge is -2.15. The lowest BCUT2D eigenvalue weighted by atomic mass is 9.89. The second-order valence-electron chi connectivity index (χ2n) is 5.68. The molecule has 0 saturated carbocycles. The van der Waals surface area contributed by atoms with Crippen molar-refractivity contribution in [1.29, 1.82) is 0 Å². The minimum atomic E-state index is 0.539. The first kappa shape index (κ1) is 12.2. The first-order valence-electron chi connectivity index (χ1n) is 6.99. The molecule has 0 spiro atoms. The summed E-state index contributed by atoms with van der Waals surface area (Å²) in [5.41, 5.74) is 8.54. The highest BCUT2D eigenvalue weighted by Gasteiger charge is 2.20. The molecule has 0 heterocycles. The highest BCUT2D eigenvalue weighted by atomic mass is 14.2. The Labute approximate surface area is 115 Å². The summed E-state index contributed by atoms with van der Waals surface area (Å²) in [5, 5.41) is 0. The van der Waals surface area contributed by atoms with Gasteiger partial charge in [-0.1, -0.05) is 54.1 Å². The normalized spacial score (nSPS) is 16.7. The van der Waals surface area contributed by atoms with Gasteiger partial charge in [0, 0.05) is 5.92 Å². The topological polar surface area (TPSA) is 0 Å². The smallest absolute Gasteiger partial charge is 0.00703 e. The van der Waals surface area contributed by atoms with Crippen molar-refractivity contribution < 1.29 is 0 Å². The predicted molar refractivity (Wildman–Crippen MR) is 82.6 cm³/mol. The van der Waals surface area contributed by atoms with Gasteiger partial charge >= 0.3 is 0 Å². The summed E-state index contributed by atoms with van der Waals surface area (Å²) >= 11 is 0. The van der Waals surface area contributed by atoms with Gasteiger partial charge in [0.15, 0.2) is 0 Å². The van der Waals surface area contributed by atoms with Gasteiger partial charge in [0.05, 0.1) is 0 Å². The summed E-state index contributed by atoms with van der Waals surface area (Å²) < 4.78 is 0. The van der Waals surface area contributed by atoms with E-state index in [0.29, 0.717) is 5.92 Å². The maximum absolute atomic E-state index is 2.37. The van der Waals surface area contributed by atoms with Crippen LogP contribution in [-0.4, -0.2) is 0 Å². The summed E-state index contributed by atoms with van der Waals surface area (Å²) in [7, 11) is 0. The summed E-state index contributed by atoms with van der Waals surface area (Å²) in [5.74, 6) is 0.539. The van der Waals surface area contributed by atoms with Gasteiger partial charge in [-0.3, -0.25) is 0 Å². The van der Waals surface area contributed by atoms with Crippen LogP contribution in [0.1, 0.15) is 39.3 Å². The van der Waals surface area contributed by atoms with Crippen LogP contribution >= 0.6 is 0 Å². The standard InChI is InChI=1S/C19H20/c1-13-4-8-16(9-5-13)12-17-10-11-18-14(2)6-7-15(3)19(17)18/h4-11,17H,12H2,1-3H3. The maximum Gasteiger partial charge on any atom is 0.00703 e. The van der Waals surface area contributed by atoms with Crippen molar-refractivity contribution >= 4 is 6.08 Å². The van der Waals surface area contributed by atoms with E-state index in [1.54, 1.807) is 0 Å². The van der Waals surface area contributed by atoms with Crippen molar-refractivity contribution in [2.45, 2.75) is 33.1 Å². The molecule has 0 saturated heterocycles. The average Bonchev–Trinajstić information content (AvgIpc) is 2.82. The number of aryl methyl sites for hydroxylation is 3. The Balaban J connectivity index is 1.93. The number of benzene rings is 2. The maximum atomic E-state index is 2.37. The third-order valence-electron chi connectivity index (χ3n) is 4.17. The van der Waals surface area contributed by atoms with Crippen LogP contribution in [0.5, 0.6) is 0 Å². The van der Waals surface area contributed by atoms with Crippen molar-refractivity contribution in [3.05, 3.63) is 75.9 Å². The van der Waals surface area contributed by atoms with E-state index in [4.69, 9.17) is 0 Å². The molecule has 0 radical (unpaired) electrons. The van der Waals surface area contributed by atoms with Crippen LogP contribution in [0.15, 0.2) is 42.5 Å². The Hall–Kier alpha value is -1.82. The molecule has 0 aromatic heterocycles. The predicted octanol–water partition coefficient (Wildman–Crippen LogP) is 4.96. The summed E-state index contributed by atoms with van der Waals surface area (Å²) in [6, 6.07) is 13.4. The first-order chi connectivity index (χ1) is 9.15. The van der Waals surface area contributed by atoms with Crippen LogP contribution in [0.4, 0.5) is 0 Å². The molecule has 0 fully saturated rings. The van der Waals surface area contributed by atoms with E-state index >= 15 is 0 Å². The van der Waals surface area contributed by atoms with Gasteiger partial charge in [-0.05, 0) is 55.0 Å². The molecule has 1 unspecified atom stereocenters. The number of rotatable bonds is 2. The number of allylic oxidation sites excluding steroid dienone is 1. The molecule has 96 valence electrons. The Morgan fingerprint density at radius 3 is 2.26 bits per heavy atom. The molecule has 19 heavy (non-hydrogen) atoms. The number of hydrogen-bond acceptors (Lipinski definition) is 0. The van der Waals surface area contributed by atoms with E-state index in [2.05, 4.69) is 69.3 Å². The van der Waals surface area contributed by atoms with E-state index in [9.17, 15) is 0 Å². The number of fused-ring (bicyclic) bond motifs is 1. The zero-order chi connectivity index (χ0) is 13.4. The average molecular weight is 248 g/mol. The largest absolute Gasteiger partial charge is 0.0760 e. The minimum Gasteiger partial charge on any atom is -0.0760 e. The van der Waals surface area contributed by atoms with E-state index in [1.165, 1.54) is 33.4 Å². The number of hydrogen-bond donors (Lipinski definition) is 0. The highest BCUT2D eigenvalue weighted by Crippen LogP contribution is 2.36. The molecule has 0 aliphatic heterocycles. The van der Waals surface area contributed by atoms with E-state index in [1.807, 2.05) is 0 Å². The van der Waals surface area contributed by atoms with Crippen molar-refractivity contribution in [3.63, 3.8) is 0 Å². The van der Waals surface area contributed by atoms with Gasteiger partial charge in [0.1, 0.15) is 0 Å². The molecule has 1 aliphatic rings. The molecular formula is C19H20. The fourth-order valence-corrected chi connectivity index (χ4v) is 3.02. The molecule has 1 atom stereocenters. The molecule has 0 N–H and O–H groups in total. The third-order valence-corrected chi connectivity index (χ3v) is 4.17. The summed E-state index contributed by atoms with van der Waals surface area (Å²) in [4.78, 5) is 0. The van der Waals surface area contributed by atoms with Crippen molar-refractivity contribution in [2.24, 2.45) is 0 Å². The van der Waals surface area contributed by atoms with Gasteiger partial charge in [-0.2, -0.15) is 0 Å². The van der Waals surface area contributed by atoms with Gasteiger partial charge in [0.25, 0.3) is 0 Å². The lowest BCUT2D eigenvalue weighted by Crippen LogP contribution is -2.01. The molecular weight excluding hydrogens is 228 g/mol. The Morgan fingerprint density at radius 1 is 0.842 bits per heavy atom. The molecule has 2 aromatic carbocycles. The molecule has 1 aliphatic carbocycles. The van der Waals surface area contributed by atoms with Crippen molar-refractivity contribution in [3.8, 4) is 0 Å². The zero-order valence-electron chi connectivity index (χ0n) is 11.9. The van der Waals surface area contributed by atoms with Gasteiger partial charge in [0.2, 0.25) is 0 Å². The molecule has 0 nitrogen and oxygen atoms in total. The van der Waals surface area contributed by atoms with Gasteiger partial charge < -0.3 is 0 Å². The van der Waals surface area contributed by atoms with Crippen LogP contribution in [-0.2, 0) is 6.42 Å². The Morgan fingerprint density at radius 2 is 1.53 bits per heavy atom. The molecule has 3 rings (SSSR count). The fourth-order valence-electron chi connectivity index (χ4n) is 3.02. The first-order valence-corrected chi connectivity index (χ1v) is 6.99. The summed E-state index contributed by atoms with van der Waals surface area (Å²) in [6.45, 7) is 6.58. The van der Waals surface area contributed by atoms with Crippen LogP contribution in [0.2, 0.25) is 0 Å². The van der Waals surface area contributed by atoms with Crippen molar-refractivity contribution in [2.75, 3.05) is 0 Å². The molecule has 0 heteroatoms. The second-order valence-corrected chi connectivity index (χ2v) is 5.68. The van der Waals surface area contributed by atoms with Gasteiger partial charge in [-0.25, -0.2) is 0 Å². The second kappa shape index (κ2) is 4.70. The SMILES string of the molecule is Cc1ccc(CC2C=Cc3c(C)ccc(C)c32)cc1. The highest BCUT2D eigenvalue weighted by molar-refractivity contribution is 5.67. The Bertz CT molecular complexity index is 630. The van der Waals surface area contributed by atoms with Crippen molar-refractivity contribution in [1.82, 2.24) is 0 Å². The fraction of sp³-hybridized carbons (Fsp3) is 0.263. The van der Waals surface area contributed by atoms with Crippen LogP contribution in [0.3, 0.4) is 0 Å². The molecule has 2 aromatic rings.